The molecule has 0 fully saturated rings. The number of esters is 1. The molecular formula is C11H18O6. The van der Waals surface area contributed by atoms with Gasteiger partial charge >= 0.3 is 17.9 Å². The molecule has 6 heteroatoms. The van der Waals surface area contributed by atoms with Crippen molar-refractivity contribution in [2.75, 3.05) is 6.61 Å². The molecule has 0 atom stereocenters. The zero-order chi connectivity index (χ0) is 13.5. The van der Waals surface area contributed by atoms with E-state index in [1.54, 1.807) is 0 Å². The quantitative estimate of drug-likeness (QED) is 0.380. The smallest absolute Gasteiger partial charge is 0.321 e. The van der Waals surface area contributed by atoms with Gasteiger partial charge in [0.05, 0.1) is 6.61 Å². The second-order valence-electron chi connectivity index (χ2n) is 3.84. The molecule has 2 N–H and O–H groups in total. The Morgan fingerprint density at radius 1 is 1.12 bits per heavy atom. The van der Waals surface area contributed by atoms with Crippen LogP contribution in [0.5, 0.6) is 0 Å². The topological polar surface area (TPSA) is 101 Å². The average Bonchev–Trinajstić information content (AvgIpc) is 2.22. The van der Waals surface area contributed by atoms with E-state index in [0.29, 0.717) is 12.8 Å². The molecule has 0 heterocycles. The van der Waals surface area contributed by atoms with Crippen LogP contribution in [0.2, 0.25) is 0 Å². The van der Waals surface area contributed by atoms with Crippen LogP contribution in [0.15, 0.2) is 0 Å². The SMILES string of the molecule is CCC(CCCCOC(C)=O)(C(=O)O)C(=O)O. The first-order chi connectivity index (χ1) is 7.86. The minimum Gasteiger partial charge on any atom is -0.480 e. The lowest BCUT2D eigenvalue weighted by Gasteiger charge is -2.22. The van der Waals surface area contributed by atoms with Gasteiger partial charge in [-0.15, -0.1) is 0 Å². The molecule has 0 aliphatic heterocycles. The van der Waals surface area contributed by atoms with Gasteiger partial charge in [-0.25, -0.2) is 0 Å². The van der Waals surface area contributed by atoms with Gasteiger partial charge in [0.2, 0.25) is 0 Å². The van der Waals surface area contributed by atoms with Crippen molar-refractivity contribution in [2.45, 2.75) is 39.5 Å². The van der Waals surface area contributed by atoms with Crippen molar-refractivity contribution < 1.29 is 29.3 Å². The zero-order valence-corrected chi connectivity index (χ0v) is 10.1. The molecule has 0 radical (unpaired) electrons. The van der Waals surface area contributed by atoms with Crippen LogP contribution in [0.25, 0.3) is 0 Å². The summed E-state index contributed by atoms with van der Waals surface area (Å²) in [6.07, 6.45) is 0.919. The summed E-state index contributed by atoms with van der Waals surface area (Å²) in [4.78, 5) is 32.5. The van der Waals surface area contributed by atoms with Crippen LogP contribution in [-0.4, -0.2) is 34.7 Å². The lowest BCUT2D eigenvalue weighted by Crippen LogP contribution is -2.38. The maximum absolute atomic E-state index is 11.0. The van der Waals surface area contributed by atoms with E-state index in [1.165, 1.54) is 13.8 Å². The van der Waals surface area contributed by atoms with E-state index >= 15 is 0 Å². The van der Waals surface area contributed by atoms with E-state index in [4.69, 9.17) is 10.2 Å². The third-order valence-corrected chi connectivity index (χ3v) is 2.73. The summed E-state index contributed by atoms with van der Waals surface area (Å²) in [5.74, 6) is -3.04. The Hall–Kier alpha value is -1.59. The van der Waals surface area contributed by atoms with Crippen molar-refractivity contribution in [3.63, 3.8) is 0 Å². The van der Waals surface area contributed by atoms with E-state index in [-0.39, 0.29) is 19.4 Å². The Labute approximate surface area is 99.6 Å². The standard InChI is InChI=1S/C11H18O6/c1-3-11(9(13)14,10(15)16)6-4-5-7-17-8(2)12/h3-7H2,1-2H3,(H,13,14)(H,15,16). The number of carbonyl (C=O) groups excluding carboxylic acids is 1. The highest BCUT2D eigenvalue weighted by atomic mass is 16.5. The Morgan fingerprint density at radius 3 is 2.00 bits per heavy atom. The fraction of sp³-hybridized carbons (Fsp3) is 0.727. The van der Waals surface area contributed by atoms with Gasteiger partial charge in [-0.05, 0) is 25.7 Å². The lowest BCUT2D eigenvalue weighted by molar-refractivity contribution is -0.166. The zero-order valence-electron chi connectivity index (χ0n) is 10.1. The highest BCUT2D eigenvalue weighted by Gasteiger charge is 2.44. The number of unbranched alkanes of at least 4 members (excludes halogenated alkanes) is 1. The monoisotopic (exact) mass is 246 g/mol. The summed E-state index contributed by atoms with van der Waals surface area (Å²) < 4.78 is 4.68. The summed E-state index contributed by atoms with van der Waals surface area (Å²) in [6, 6.07) is 0. The van der Waals surface area contributed by atoms with Crippen molar-refractivity contribution in [1.82, 2.24) is 0 Å². The first-order valence-corrected chi connectivity index (χ1v) is 5.47. The van der Waals surface area contributed by atoms with Crippen LogP contribution in [0.1, 0.15) is 39.5 Å². The fourth-order valence-electron chi connectivity index (χ4n) is 1.53. The summed E-state index contributed by atoms with van der Waals surface area (Å²) >= 11 is 0. The van der Waals surface area contributed by atoms with Crippen molar-refractivity contribution in [3.8, 4) is 0 Å². The molecule has 17 heavy (non-hydrogen) atoms. The predicted molar refractivity (Wildman–Crippen MR) is 58.5 cm³/mol. The summed E-state index contributed by atoms with van der Waals surface area (Å²) in [7, 11) is 0. The van der Waals surface area contributed by atoms with Crippen molar-refractivity contribution in [3.05, 3.63) is 0 Å². The van der Waals surface area contributed by atoms with Gasteiger partial charge in [-0.1, -0.05) is 6.92 Å². The van der Waals surface area contributed by atoms with E-state index in [0.717, 1.165) is 0 Å². The van der Waals surface area contributed by atoms with Crippen molar-refractivity contribution >= 4 is 17.9 Å². The average molecular weight is 246 g/mol. The molecule has 0 spiro atoms. The highest BCUT2D eigenvalue weighted by Crippen LogP contribution is 2.29. The second-order valence-corrected chi connectivity index (χ2v) is 3.84. The third-order valence-electron chi connectivity index (χ3n) is 2.73. The molecule has 0 unspecified atom stereocenters. The fourth-order valence-corrected chi connectivity index (χ4v) is 1.53. The van der Waals surface area contributed by atoms with Crippen molar-refractivity contribution in [1.29, 1.82) is 0 Å². The predicted octanol–water partition coefficient (Wildman–Crippen LogP) is 1.29. The van der Waals surface area contributed by atoms with Crippen LogP contribution in [0.4, 0.5) is 0 Å². The van der Waals surface area contributed by atoms with E-state index < -0.39 is 23.3 Å². The van der Waals surface area contributed by atoms with Gasteiger partial charge in [0.15, 0.2) is 5.41 Å². The molecule has 98 valence electrons. The number of carboxylic acids is 2. The Kier molecular flexibility index (Phi) is 6.23. The van der Waals surface area contributed by atoms with E-state index in [1.807, 2.05) is 0 Å². The molecule has 0 aliphatic rings. The minimum atomic E-state index is -1.73. The number of hydrogen-bond donors (Lipinski definition) is 2. The van der Waals surface area contributed by atoms with Gasteiger partial charge in [-0.2, -0.15) is 0 Å². The molecule has 0 aromatic rings. The van der Waals surface area contributed by atoms with Crippen molar-refractivity contribution in [2.24, 2.45) is 5.41 Å². The van der Waals surface area contributed by atoms with E-state index in [2.05, 4.69) is 4.74 Å². The maximum Gasteiger partial charge on any atom is 0.321 e. The third kappa shape index (κ3) is 4.42. The van der Waals surface area contributed by atoms with Gasteiger partial charge in [0, 0.05) is 6.92 Å². The highest BCUT2D eigenvalue weighted by molar-refractivity contribution is 5.98. The van der Waals surface area contributed by atoms with Gasteiger partial charge in [0.1, 0.15) is 0 Å². The summed E-state index contributed by atoms with van der Waals surface area (Å²) in [5, 5.41) is 17.9. The normalized spacial score (nSPS) is 10.9. The molecule has 0 saturated heterocycles. The summed E-state index contributed by atoms with van der Waals surface area (Å²) in [5.41, 5.74) is -1.73. The molecule has 0 aliphatic carbocycles. The lowest BCUT2D eigenvalue weighted by atomic mass is 9.80. The molecule has 0 bridgehead atoms. The molecule has 0 saturated carbocycles. The number of ether oxygens (including phenoxy) is 1. The van der Waals surface area contributed by atoms with Crippen LogP contribution >= 0.6 is 0 Å². The van der Waals surface area contributed by atoms with Crippen LogP contribution in [0, 0.1) is 5.41 Å². The number of aliphatic carboxylic acids is 2. The maximum atomic E-state index is 11.0. The Balaban J connectivity index is 4.24. The van der Waals surface area contributed by atoms with E-state index in [9.17, 15) is 14.4 Å². The van der Waals surface area contributed by atoms with Gasteiger partial charge in [0.25, 0.3) is 0 Å². The number of rotatable bonds is 8. The molecule has 0 amide bonds. The first-order valence-electron chi connectivity index (χ1n) is 5.47. The minimum absolute atomic E-state index is 0.0330. The Morgan fingerprint density at radius 2 is 1.65 bits per heavy atom. The molecule has 0 rings (SSSR count). The van der Waals surface area contributed by atoms with Crippen LogP contribution in [0.3, 0.4) is 0 Å². The molecular weight excluding hydrogens is 228 g/mol. The molecule has 0 aromatic heterocycles. The number of carboxylic acid groups (broad SMARTS) is 2. The van der Waals surface area contributed by atoms with Crippen LogP contribution < -0.4 is 0 Å². The number of carbonyl (C=O) groups is 3. The second kappa shape index (κ2) is 6.88. The number of hydrogen-bond acceptors (Lipinski definition) is 4. The van der Waals surface area contributed by atoms with Gasteiger partial charge < -0.3 is 14.9 Å². The molecule has 0 aromatic carbocycles. The molecule has 6 nitrogen and oxygen atoms in total. The Bertz CT molecular complexity index is 282. The largest absolute Gasteiger partial charge is 0.480 e. The van der Waals surface area contributed by atoms with Crippen LogP contribution in [-0.2, 0) is 19.1 Å². The summed E-state index contributed by atoms with van der Waals surface area (Å²) in [6.45, 7) is 3.01. The first kappa shape index (κ1) is 15.4. The van der Waals surface area contributed by atoms with Gasteiger partial charge in [-0.3, -0.25) is 14.4 Å².